The van der Waals surface area contributed by atoms with Gasteiger partial charge in [0, 0.05) is 18.8 Å². The van der Waals surface area contributed by atoms with Crippen molar-refractivity contribution in [1.29, 1.82) is 5.26 Å². The largest absolute Gasteiger partial charge is 0.494 e. The summed E-state index contributed by atoms with van der Waals surface area (Å²) in [5, 5.41) is 12.4. The fraction of sp³-hybridized carbons (Fsp3) is 0.519. The van der Waals surface area contributed by atoms with E-state index in [1.807, 2.05) is 17.0 Å². The van der Waals surface area contributed by atoms with Crippen LogP contribution in [-0.4, -0.2) is 32.8 Å². The quantitative estimate of drug-likeness (QED) is 0.378. The van der Waals surface area contributed by atoms with Crippen molar-refractivity contribution in [3.8, 4) is 11.8 Å². The second-order valence-electron chi connectivity index (χ2n) is 8.83. The third-order valence-electron chi connectivity index (χ3n) is 6.33. The molecule has 0 spiro atoms. The number of piperidine rings is 1. The van der Waals surface area contributed by atoms with E-state index < -0.39 is 11.7 Å². The SMILES string of the molecule is CCCNCCCCCOc1ccc(C2CCN(c3ccc(C#N)c(C(F)(F)F)c3)CC2)cc1. The van der Waals surface area contributed by atoms with Gasteiger partial charge in [0.25, 0.3) is 0 Å². The van der Waals surface area contributed by atoms with Crippen molar-refractivity contribution in [3.63, 3.8) is 0 Å². The lowest BCUT2D eigenvalue weighted by Gasteiger charge is -2.34. The zero-order valence-electron chi connectivity index (χ0n) is 19.8. The van der Waals surface area contributed by atoms with Crippen LogP contribution in [0.1, 0.15) is 68.1 Å². The number of rotatable bonds is 11. The molecule has 0 unspecified atom stereocenters. The number of hydrogen-bond donors (Lipinski definition) is 1. The Balaban J connectivity index is 1.45. The van der Waals surface area contributed by atoms with Gasteiger partial charge in [-0.2, -0.15) is 18.4 Å². The lowest BCUT2D eigenvalue weighted by atomic mass is 9.89. The minimum atomic E-state index is -4.53. The zero-order chi connectivity index (χ0) is 24.4. The first-order valence-electron chi connectivity index (χ1n) is 12.2. The van der Waals surface area contributed by atoms with E-state index in [2.05, 4.69) is 24.4 Å². The van der Waals surface area contributed by atoms with Crippen LogP contribution in [-0.2, 0) is 6.18 Å². The molecular formula is C27H34F3N3O. The molecular weight excluding hydrogens is 439 g/mol. The first kappa shape index (κ1) is 25.9. The molecule has 1 saturated heterocycles. The Morgan fingerprint density at radius 2 is 1.76 bits per heavy atom. The first-order chi connectivity index (χ1) is 16.4. The first-order valence-corrected chi connectivity index (χ1v) is 12.2. The highest BCUT2D eigenvalue weighted by Gasteiger charge is 2.34. The maximum absolute atomic E-state index is 13.3. The van der Waals surface area contributed by atoms with Gasteiger partial charge < -0.3 is 15.0 Å². The molecule has 7 heteroatoms. The Hall–Kier alpha value is -2.72. The third kappa shape index (κ3) is 7.39. The van der Waals surface area contributed by atoms with Gasteiger partial charge in [0.1, 0.15) is 5.75 Å². The molecule has 0 atom stereocenters. The highest BCUT2D eigenvalue weighted by Crippen LogP contribution is 2.36. The predicted molar refractivity (Wildman–Crippen MR) is 129 cm³/mol. The number of ether oxygens (including phenoxy) is 1. The van der Waals surface area contributed by atoms with E-state index in [9.17, 15) is 13.2 Å². The number of nitrogens with one attached hydrogen (secondary N) is 1. The summed E-state index contributed by atoms with van der Waals surface area (Å²) >= 11 is 0. The van der Waals surface area contributed by atoms with Gasteiger partial charge in [-0.05, 0) is 93.4 Å². The number of hydrogen-bond acceptors (Lipinski definition) is 4. The fourth-order valence-corrected chi connectivity index (χ4v) is 4.39. The second-order valence-corrected chi connectivity index (χ2v) is 8.83. The zero-order valence-corrected chi connectivity index (χ0v) is 19.8. The normalized spacial score (nSPS) is 14.7. The predicted octanol–water partition coefficient (Wildman–Crippen LogP) is 6.51. The van der Waals surface area contributed by atoms with Crippen LogP contribution in [0.5, 0.6) is 5.75 Å². The average Bonchev–Trinajstić information content (AvgIpc) is 2.85. The highest BCUT2D eigenvalue weighted by atomic mass is 19.4. The van der Waals surface area contributed by atoms with Crippen LogP contribution >= 0.6 is 0 Å². The van der Waals surface area contributed by atoms with E-state index in [1.165, 1.54) is 18.1 Å². The molecule has 1 fully saturated rings. The Morgan fingerprint density at radius 3 is 2.41 bits per heavy atom. The van der Waals surface area contributed by atoms with Gasteiger partial charge in [-0.25, -0.2) is 0 Å². The molecule has 1 N–H and O–H groups in total. The Kier molecular flexibility index (Phi) is 9.64. The summed E-state index contributed by atoms with van der Waals surface area (Å²) in [6.45, 7) is 6.39. The molecule has 0 bridgehead atoms. The third-order valence-corrected chi connectivity index (χ3v) is 6.33. The Bertz CT molecular complexity index is 930. The molecule has 2 aromatic rings. The van der Waals surface area contributed by atoms with Gasteiger partial charge in [-0.1, -0.05) is 19.1 Å². The van der Waals surface area contributed by atoms with Gasteiger partial charge in [-0.3, -0.25) is 0 Å². The Morgan fingerprint density at radius 1 is 1.03 bits per heavy atom. The van der Waals surface area contributed by atoms with Gasteiger partial charge in [0.2, 0.25) is 0 Å². The molecule has 0 aliphatic carbocycles. The van der Waals surface area contributed by atoms with Gasteiger partial charge in [-0.15, -0.1) is 0 Å². The van der Waals surface area contributed by atoms with Crippen molar-refractivity contribution in [1.82, 2.24) is 5.32 Å². The van der Waals surface area contributed by atoms with Crippen LogP contribution in [0.4, 0.5) is 18.9 Å². The van der Waals surface area contributed by atoms with E-state index in [-0.39, 0.29) is 5.56 Å². The number of benzene rings is 2. The van der Waals surface area contributed by atoms with Crippen LogP contribution in [0.25, 0.3) is 0 Å². The number of unbranched alkanes of at least 4 members (excludes halogenated alkanes) is 2. The van der Waals surface area contributed by atoms with Crippen LogP contribution in [0.15, 0.2) is 42.5 Å². The summed E-state index contributed by atoms with van der Waals surface area (Å²) in [6, 6.07) is 13.9. The molecule has 1 aliphatic rings. The van der Waals surface area contributed by atoms with Gasteiger partial charge >= 0.3 is 6.18 Å². The summed E-state index contributed by atoms with van der Waals surface area (Å²) in [6.07, 6.45) is 1.73. The van der Waals surface area contributed by atoms with Crippen LogP contribution < -0.4 is 15.0 Å². The second kappa shape index (κ2) is 12.7. The van der Waals surface area contributed by atoms with E-state index in [4.69, 9.17) is 10.00 Å². The lowest BCUT2D eigenvalue weighted by Crippen LogP contribution is -2.33. The number of nitrogens with zero attached hydrogens (tertiary/aromatic N) is 2. The molecule has 1 aliphatic heterocycles. The van der Waals surface area contributed by atoms with Crippen molar-refractivity contribution in [3.05, 3.63) is 59.2 Å². The molecule has 184 valence electrons. The molecule has 34 heavy (non-hydrogen) atoms. The number of alkyl halides is 3. The highest BCUT2D eigenvalue weighted by molar-refractivity contribution is 5.55. The van der Waals surface area contributed by atoms with Crippen molar-refractivity contribution in [2.45, 2.75) is 57.5 Å². The summed E-state index contributed by atoms with van der Waals surface area (Å²) in [5.41, 5.74) is 0.565. The van der Waals surface area contributed by atoms with Crippen LogP contribution in [0, 0.1) is 11.3 Å². The summed E-state index contributed by atoms with van der Waals surface area (Å²) in [4.78, 5) is 1.97. The van der Waals surface area contributed by atoms with Crippen molar-refractivity contribution in [2.24, 2.45) is 0 Å². The standard InChI is InChI=1S/C27H34F3N3O/c1-2-14-32-15-4-3-5-18-34-25-10-7-21(8-11-25)22-12-16-33(17-13-22)24-9-6-23(20-31)26(19-24)27(28,29)30/h6-11,19,22,32H,2-5,12-18H2,1H3. The average molecular weight is 474 g/mol. The van der Waals surface area contributed by atoms with Crippen molar-refractivity contribution < 1.29 is 17.9 Å². The van der Waals surface area contributed by atoms with E-state index in [1.54, 1.807) is 12.1 Å². The van der Waals surface area contributed by atoms with Crippen molar-refractivity contribution in [2.75, 3.05) is 37.7 Å². The van der Waals surface area contributed by atoms with Crippen molar-refractivity contribution >= 4 is 5.69 Å². The maximum atomic E-state index is 13.3. The molecule has 0 saturated carbocycles. The molecule has 0 aromatic heterocycles. The summed E-state index contributed by atoms with van der Waals surface area (Å²) in [5.74, 6) is 1.25. The van der Waals surface area contributed by atoms with Crippen LogP contribution in [0.3, 0.4) is 0 Å². The van der Waals surface area contributed by atoms with E-state index in [0.29, 0.717) is 24.7 Å². The molecule has 0 amide bonds. The molecule has 3 rings (SSSR count). The molecule has 0 radical (unpaired) electrons. The molecule has 1 heterocycles. The van der Waals surface area contributed by atoms with E-state index in [0.717, 1.165) is 63.6 Å². The van der Waals surface area contributed by atoms with Crippen LogP contribution in [0.2, 0.25) is 0 Å². The summed E-state index contributed by atoms with van der Waals surface area (Å²) in [7, 11) is 0. The number of halogens is 3. The van der Waals surface area contributed by atoms with Gasteiger partial charge in [0.15, 0.2) is 0 Å². The Labute approximate surface area is 200 Å². The minimum absolute atomic E-state index is 0.336. The summed E-state index contributed by atoms with van der Waals surface area (Å²) < 4.78 is 45.7. The topological polar surface area (TPSA) is 48.3 Å². The lowest BCUT2D eigenvalue weighted by molar-refractivity contribution is -0.137. The maximum Gasteiger partial charge on any atom is 0.417 e. The minimum Gasteiger partial charge on any atom is -0.494 e. The monoisotopic (exact) mass is 473 g/mol. The molecule has 4 nitrogen and oxygen atoms in total. The van der Waals surface area contributed by atoms with Gasteiger partial charge in [0.05, 0.1) is 23.8 Å². The van der Waals surface area contributed by atoms with E-state index >= 15 is 0 Å². The number of anilines is 1. The number of nitriles is 1. The smallest absolute Gasteiger partial charge is 0.417 e. The fourth-order valence-electron chi connectivity index (χ4n) is 4.39. The molecule has 2 aromatic carbocycles.